The number of benzene rings is 1. The molecule has 0 fully saturated rings. The van der Waals surface area contributed by atoms with E-state index in [4.69, 9.17) is 0 Å². The number of para-hydroxylation sites is 1. The summed E-state index contributed by atoms with van der Waals surface area (Å²) in [5, 5.41) is 0. The highest BCUT2D eigenvalue weighted by atomic mass is 19.4. The molecule has 1 amide bonds. The van der Waals surface area contributed by atoms with Crippen molar-refractivity contribution >= 4 is 11.6 Å². The quantitative estimate of drug-likeness (QED) is 0.720. The zero-order valence-corrected chi connectivity index (χ0v) is 6.93. The molecule has 0 aliphatic rings. The van der Waals surface area contributed by atoms with Crippen LogP contribution in [0.1, 0.15) is 0 Å². The van der Waals surface area contributed by atoms with Crippen molar-refractivity contribution in [1.29, 1.82) is 0 Å². The molecule has 0 aliphatic carbocycles. The first-order chi connectivity index (χ1) is 6.50. The molecular formula is C8H7F3N2O. The molecule has 0 spiro atoms. The van der Waals surface area contributed by atoms with Crippen LogP contribution in [0.4, 0.5) is 18.9 Å². The lowest BCUT2D eigenvalue weighted by molar-refractivity contribution is -0.173. The summed E-state index contributed by atoms with van der Waals surface area (Å²) in [7, 11) is 0. The fourth-order valence-electron chi connectivity index (χ4n) is 0.721. The highest BCUT2D eigenvalue weighted by Crippen LogP contribution is 2.14. The van der Waals surface area contributed by atoms with Crippen LogP contribution in [0.3, 0.4) is 0 Å². The highest BCUT2D eigenvalue weighted by Gasteiger charge is 2.38. The summed E-state index contributed by atoms with van der Waals surface area (Å²) in [5.41, 5.74) is 4.04. The number of halogens is 3. The molecule has 6 heteroatoms. The fourth-order valence-corrected chi connectivity index (χ4v) is 0.721. The van der Waals surface area contributed by atoms with Gasteiger partial charge in [0, 0.05) is 0 Å². The van der Waals surface area contributed by atoms with Crippen LogP contribution < -0.4 is 10.9 Å². The van der Waals surface area contributed by atoms with Gasteiger partial charge in [-0.25, -0.2) is 0 Å². The Hall–Kier alpha value is -1.72. The van der Waals surface area contributed by atoms with Gasteiger partial charge in [0.2, 0.25) is 0 Å². The minimum absolute atomic E-state index is 0.380. The molecule has 0 saturated carbocycles. The number of amides is 1. The third-order valence-electron chi connectivity index (χ3n) is 1.35. The fraction of sp³-hybridized carbons (Fsp3) is 0.125. The molecule has 0 unspecified atom stereocenters. The smallest absolute Gasteiger partial charge is 0.298 e. The average molecular weight is 204 g/mol. The molecule has 0 saturated heterocycles. The van der Waals surface area contributed by atoms with E-state index in [9.17, 15) is 18.0 Å². The van der Waals surface area contributed by atoms with Crippen molar-refractivity contribution < 1.29 is 18.0 Å². The predicted octanol–water partition coefficient (Wildman–Crippen LogP) is 1.69. The number of carbonyl (C=O) groups is 1. The maximum absolute atomic E-state index is 11.7. The van der Waals surface area contributed by atoms with Crippen LogP contribution in [-0.2, 0) is 4.79 Å². The Bertz CT molecular complexity index is 310. The Morgan fingerprint density at radius 2 is 1.71 bits per heavy atom. The lowest BCUT2D eigenvalue weighted by atomic mass is 10.3. The monoisotopic (exact) mass is 204 g/mol. The van der Waals surface area contributed by atoms with Crippen LogP contribution in [0.2, 0.25) is 0 Å². The number of hydrogen-bond acceptors (Lipinski definition) is 2. The Balaban J connectivity index is 2.46. The molecule has 0 aliphatic heterocycles. The zero-order valence-electron chi connectivity index (χ0n) is 6.93. The number of nitrogens with one attached hydrogen (secondary N) is 2. The van der Waals surface area contributed by atoms with Crippen LogP contribution in [-0.4, -0.2) is 12.1 Å². The molecule has 2 N–H and O–H groups in total. The standard InChI is InChI=1S/C8H7F3N2O/c9-8(10,11)7(14)13-12-6-4-2-1-3-5-6/h1-5,12H,(H,13,14). The maximum Gasteiger partial charge on any atom is 0.472 e. The van der Waals surface area contributed by atoms with Crippen LogP contribution >= 0.6 is 0 Å². The minimum atomic E-state index is -4.87. The van der Waals surface area contributed by atoms with Gasteiger partial charge in [-0.3, -0.25) is 15.6 Å². The van der Waals surface area contributed by atoms with Gasteiger partial charge < -0.3 is 0 Å². The minimum Gasteiger partial charge on any atom is -0.298 e. The Kier molecular flexibility index (Phi) is 2.95. The van der Waals surface area contributed by atoms with Crippen molar-refractivity contribution in [2.75, 3.05) is 5.43 Å². The number of hydrogen-bond donors (Lipinski definition) is 2. The van der Waals surface area contributed by atoms with Crippen molar-refractivity contribution in [2.24, 2.45) is 0 Å². The Morgan fingerprint density at radius 1 is 1.14 bits per heavy atom. The molecule has 1 aromatic rings. The van der Waals surface area contributed by atoms with E-state index in [-0.39, 0.29) is 0 Å². The first-order valence-corrected chi connectivity index (χ1v) is 3.68. The molecule has 3 nitrogen and oxygen atoms in total. The van der Waals surface area contributed by atoms with Gasteiger partial charge in [-0.1, -0.05) is 18.2 Å². The summed E-state index contributed by atoms with van der Waals surface area (Å²) >= 11 is 0. The van der Waals surface area contributed by atoms with Crippen LogP contribution in [0.5, 0.6) is 0 Å². The molecule has 76 valence electrons. The normalized spacial score (nSPS) is 10.8. The second kappa shape index (κ2) is 3.99. The second-order valence-corrected chi connectivity index (χ2v) is 2.44. The predicted molar refractivity (Wildman–Crippen MR) is 44.3 cm³/mol. The van der Waals surface area contributed by atoms with Gasteiger partial charge in [-0.2, -0.15) is 13.2 Å². The van der Waals surface area contributed by atoms with E-state index in [0.29, 0.717) is 5.69 Å². The molecule has 0 radical (unpaired) electrons. The van der Waals surface area contributed by atoms with Gasteiger partial charge in [-0.05, 0) is 12.1 Å². The topological polar surface area (TPSA) is 41.1 Å². The van der Waals surface area contributed by atoms with Gasteiger partial charge in [0.25, 0.3) is 0 Å². The van der Waals surface area contributed by atoms with E-state index in [1.807, 2.05) is 0 Å². The first-order valence-electron chi connectivity index (χ1n) is 3.68. The average Bonchev–Trinajstić information content (AvgIpc) is 2.14. The molecule has 0 atom stereocenters. The van der Waals surface area contributed by atoms with Crippen molar-refractivity contribution in [3.05, 3.63) is 30.3 Å². The van der Waals surface area contributed by atoms with E-state index in [0.717, 1.165) is 0 Å². The summed E-state index contributed by atoms with van der Waals surface area (Å²) in [5.74, 6) is -2.03. The van der Waals surface area contributed by atoms with Gasteiger partial charge in [-0.15, -0.1) is 0 Å². The number of alkyl halides is 3. The van der Waals surface area contributed by atoms with Crippen molar-refractivity contribution in [1.82, 2.24) is 5.43 Å². The molecule has 0 heterocycles. The molecule has 1 rings (SSSR count). The van der Waals surface area contributed by atoms with E-state index in [1.165, 1.54) is 17.6 Å². The third kappa shape index (κ3) is 2.96. The number of hydrazine groups is 1. The van der Waals surface area contributed by atoms with E-state index in [2.05, 4.69) is 5.43 Å². The van der Waals surface area contributed by atoms with Gasteiger partial charge in [0.05, 0.1) is 5.69 Å². The van der Waals surface area contributed by atoms with Gasteiger partial charge in [0.15, 0.2) is 0 Å². The van der Waals surface area contributed by atoms with E-state index in [1.54, 1.807) is 18.2 Å². The van der Waals surface area contributed by atoms with Crippen LogP contribution in [0.25, 0.3) is 0 Å². The zero-order chi connectivity index (χ0) is 10.6. The van der Waals surface area contributed by atoms with Crippen LogP contribution in [0, 0.1) is 0 Å². The van der Waals surface area contributed by atoms with Crippen molar-refractivity contribution in [2.45, 2.75) is 6.18 Å². The second-order valence-electron chi connectivity index (χ2n) is 2.44. The van der Waals surface area contributed by atoms with E-state index < -0.39 is 12.1 Å². The molecular weight excluding hydrogens is 197 g/mol. The number of carbonyl (C=O) groups excluding carboxylic acids is 1. The first kappa shape index (κ1) is 10.4. The number of rotatable bonds is 2. The van der Waals surface area contributed by atoms with Crippen molar-refractivity contribution in [3.8, 4) is 0 Å². The lowest BCUT2D eigenvalue weighted by Gasteiger charge is -2.09. The van der Waals surface area contributed by atoms with Gasteiger partial charge in [0.1, 0.15) is 0 Å². The van der Waals surface area contributed by atoms with Crippen LogP contribution in [0.15, 0.2) is 30.3 Å². The summed E-state index contributed by atoms with van der Waals surface area (Å²) in [6, 6.07) is 8.01. The Morgan fingerprint density at radius 3 is 2.21 bits per heavy atom. The van der Waals surface area contributed by atoms with Crippen molar-refractivity contribution in [3.63, 3.8) is 0 Å². The van der Waals surface area contributed by atoms with Gasteiger partial charge >= 0.3 is 12.1 Å². The molecule has 0 aromatic heterocycles. The maximum atomic E-state index is 11.7. The summed E-state index contributed by atoms with van der Waals surface area (Å²) < 4.78 is 35.1. The molecule has 14 heavy (non-hydrogen) atoms. The third-order valence-corrected chi connectivity index (χ3v) is 1.35. The highest BCUT2D eigenvalue weighted by molar-refractivity contribution is 5.82. The molecule has 0 bridgehead atoms. The summed E-state index contributed by atoms with van der Waals surface area (Å²) in [4.78, 5) is 10.3. The summed E-state index contributed by atoms with van der Waals surface area (Å²) in [6.45, 7) is 0. The lowest BCUT2D eigenvalue weighted by Crippen LogP contribution is -2.40. The Labute approximate surface area is 77.9 Å². The SMILES string of the molecule is O=C(NNc1ccccc1)C(F)(F)F. The number of anilines is 1. The largest absolute Gasteiger partial charge is 0.472 e. The molecule has 1 aromatic carbocycles. The summed E-state index contributed by atoms with van der Waals surface area (Å²) in [6.07, 6.45) is -4.87. The van der Waals surface area contributed by atoms with E-state index >= 15 is 0 Å².